The van der Waals surface area contributed by atoms with Crippen LogP contribution in [0.5, 0.6) is 11.5 Å². The molecular formula is C21H25NO4S. The number of hydrogen-bond donors (Lipinski definition) is 0. The largest absolute Gasteiger partial charge is 0.493 e. The van der Waals surface area contributed by atoms with E-state index in [0.29, 0.717) is 23.8 Å². The Morgan fingerprint density at radius 1 is 1.19 bits per heavy atom. The van der Waals surface area contributed by atoms with E-state index in [0.717, 1.165) is 28.1 Å². The molecule has 0 aliphatic heterocycles. The molecule has 27 heavy (non-hydrogen) atoms. The predicted octanol–water partition coefficient (Wildman–Crippen LogP) is 4.70. The van der Waals surface area contributed by atoms with Crippen molar-refractivity contribution in [1.82, 2.24) is 4.98 Å². The molecule has 1 aromatic heterocycles. The molecule has 2 aliphatic carbocycles. The molecule has 1 aromatic carbocycles. The normalized spacial score (nSPS) is 23.4. The number of esters is 1. The molecule has 0 unspecified atom stereocenters. The number of carbonyl (C=O) groups excluding carboxylic acids is 1. The second-order valence-corrected chi connectivity index (χ2v) is 8.37. The van der Waals surface area contributed by atoms with E-state index in [-0.39, 0.29) is 12.6 Å². The predicted molar refractivity (Wildman–Crippen MR) is 104 cm³/mol. The van der Waals surface area contributed by atoms with E-state index < -0.39 is 0 Å². The van der Waals surface area contributed by atoms with Gasteiger partial charge in [0, 0.05) is 17.4 Å². The van der Waals surface area contributed by atoms with E-state index in [1.165, 1.54) is 37.0 Å². The maximum atomic E-state index is 12.2. The van der Waals surface area contributed by atoms with Gasteiger partial charge in [0.1, 0.15) is 11.6 Å². The first-order valence-corrected chi connectivity index (χ1v) is 10.4. The zero-order chi connectivity index (χ0) is 18.8. The maximum absolute atomic E-state index is 12.2. The van der Waals surface area contributed by atoms with E-state index in [9.17, 15) is 4.79 Å². The Bertz CT molecular complexity index is 818. The molecule has 1 heterocycles. The van der Waals surface area contributed by atoms with E-state index in [4.69, 9.17) is 14.2 Å². The first kappa shape index (κ1) is 18.3. The topological polar surface area (TPSA) is 57.7 Å². The van der Waals surface area contributed by atoms with Crippen molar-refractivity contribution in [1.29, 1.82) is 0 Å². The number of aromatic nitrogens is 1. The van der Waals surface area contributed by atoms with Crippen molar-refractivity contribution >= 4 is 17.3 Å². The number of fused-ring (bicyclic) bond motifs is 2. The summed E-state index contributed by atoms with van der Waals surface area (Å²) in [6.07, 6.45) is 5.74. The van der Waals surface area contributed by atoms with Gasteiger partial charge in [-0.1, -0.05) is 6.42 Å². The van der Waals surface area contributed by atoms with Gasteiger partial charge in [0.2, 0.25) is 0 Å². The third kappa shape index (κ3) is 3.95. The van der Waals surface area contributed by atoms with Gasteiger partial charge in [0.25, 0.3) is 0 Å². The Balaban J connectivity index is 1.33. The van der Waals surface area contributed by atoms with Crippen molar-refractivity contribution in [3.05, 3.63) is 29.3 Å². The molecule has 2 saturated carbocycles. The summed E-state index contributed by atoms with van der Waals surface area (Å²) in [6, 6.07) is 5.72. The number of nitrogens with zero attached hydrogens (tertiary/aromatic N) is 1. The molecular weight excluding hydrogens is 362 g/mol. The van der Waals surface area contributed by atoms with Crippen molar-refractivity contribution < 1.29 is 19.0 Å². The van der Waals surface area contributed by atoms with Gasteiger partial charge in [-0.2, -0.15) is 0 Å². The molecule has 0 radical (unpaired) electrons. The van der Waals surface area contributed by atoms with Gasteiger partial charge in [0.15, 0.2) is 11.5 Å². The molecule has 0 saturated heterocycles. The average molecular weight is 388 g/mol. The second-order valence-electron chi connectivity index (χ2n) is 7.51. The summed E-state index contributed by atoms with van der Waals surface area (Å²) in [6.45, 7) is 0.240. The summed E-state index contributed by atoms with van der Waals surface area (Å²) < 4.78 is 16.1. The van der Waals surface area contributed by atoms with Gasteiger partial charge in [-0.15, -0.1) is 11.3 Å². The number of benzene rings is 1. The van der Waals surface area contributed by atoms with Crippen LogP contribution < -0.4 is 9.47 Å². The lowest BCUT2D eigenvalue weighted by atomic mass is 9.86. The van der Waals surface area contributed by atoms with Crippen molar-refractivity contribution in [2.45, 2.75) is 38.7 Å². The Labute approximate surface area is 163 Å². The Kier molecular flexibility index (Phi) is 5.34. The van der Waals surface area contributed by atoms with Crippen LogP contribution in [0.25, 0.3) is 10.6 Å². The fraction of sp³-hybridized carbons (Fsp3) is 0.524. The number of ether oxygens (including phenoxy) is 3. The number of carbonyl (C=O) groups is 1. The molecule has 2 bridgehead atoms. The molecule has 0 N–H and O–H groups in total. The summed E-state index contributed by atoms with van der Waals surface area (Å²) in [5, 5.41) is 2.81. The Morgan fingerprint density at radius 3 is 2.74 bits per heavy atom. The minimum atomic E-state index is -0.0896. The Morgan fingerprint density at radius 2 is 2.04 bits per heavy atom. The first-order chi connectivity index (χ1) is 13.2. The van der Waals surface area contributed by atoms with Crippen LogP contribution in [0.2, 0.25) is 0 Å². The fourth-order valence-corrected chi connectivity index (χ4v) is 5.33. The summed E-state index contributed by atoms with van der Waals surface area (Å²) in [7, 11) is 3.23. The van der Waals surface area contributed by atoms with Crippen molar-refractivity contribution in [2.75, 3.05) is 14.2 Å². The lowest BCUT2D eigenvalue weighted by Gasteiger charge is -2.20. The second kappa shape index (κ2) is 7.89. The number of rotatable bonds is 7. The standard InChI is InChI=1S/C21H25NO4S/c1-24-18-6-5-15(9-19(18)25-2)21-22-17(12-27-21)11-26-20(23)10-16-8-13-3-4-14(16)7-13/h5-6,9,12-14,16H,3-4,7-8,10-11H2,1-2H3/t13-,14-,16+/m1/s1. The molecule has 0 spiro atoms. The van der Waals surface area contributed by atoms with E-state index in [1.807, 2.05) is 23.6 Å². The summed E-state index contributed by atoms with van der Waals surface area (Å²) >= 11 is 1.53. The van der Waals surface area contributed by atoms with Crippen LogP contribution in [0.4, 0.5) is 0 Å². The van der Waals surface area contributed by atoms with Crippen LogP contribution in [-0.2, 0) is 16.1 Å². The van der Waals surface area contributed by atoms with Gasteiger partial charge < -0.3 is 14.2 Å². The van der Waals surface area contributed by atoms with Crippen LogP contribution in [-0.4, -0.2) is 25.2 Å². The fourth-order valence-electron chi connectivity index (χ4n) is 4.53. The van der Waals surface area contributed by atoms with Crippen LogP contribution >= 0.6 is 11.3 Å². The molecule has 144 valence electrons. The van der Waals surface area contributed by atoms with E-state index in [2.05, 4.69) is 4.98 Å². The van der Waals surface area contributed by atoms with Gasteiger partial charge in [-0.25, -0.2) is 4.98 Å². The zero-order valence-corrected chi connectivity index (χ0v) is 16.6. The third-order valence-electron chi connectivity index (χ3n) is 5.88. The summed E-state index contributed by atoms with van der Waals surface area (Å²) in [5.74, 6) is 3.41. The average Bonchev–Trinajstić information content (AvgIpc) is 3.42. The smallest absolute Gasteiger partial charge is 0.306 e. The van der Waals surface area contributed by atoms with Crippen LogP contribution in [0.15, 0.2) is 23.6 Å². The monoisotopic (exact) mass is 387 g/mol. The molecule has 2 fully saturated rings. The van der Waals surface area contributed by atoms with Crippen LogP contribution in [0.1, 0.15) is 37.8 Å². The zero-order valence-electron chi connectivity index (χ0n) is 15.8. The molecule has 3 atom stereocenters. The molecule has 5 nitrogen and oxygen atoms in total. The van der Waals surface area contributed by atoms with Gasteiger partial charge in [-0.05, 0) is 55.2 Å². The highest BCUT2D eigenvalue weighted by Crippen LogP contribution is 2.49. The lowest BCUT2D eigenvalue weighted by Crippen LogP contribution is -2.17. The highest BCUT2D eigenvalue weighted by Gasteiger charge is 2.40. The minimum absolute atomic E-state index is 0.0896. The Hall–Kier alpha value is -2.08. The lowest BCUT2D eigenvalue weighted by molar-refractivity contribution is -0.146. The highest BCUT2D eigenvalue weighted by atomic mass is 32.1. The highest BCUT2D eigenvalue weighted by molar-refractivity contribution is 7.13. The summed E-state index contributed by atoms with van der Waals surface area (Å²) in [5.41, 5.74) is 1.74. The number of methoxy groups -OCH3 is 2. The summed E-state index contributed by atoms with van der Waals surface area (Å²) in [4.78, 5) is 16.8. The molecule has 6 heteroatoms. The van der Waals surface area contributed by atoms with Crippen molar-refractivity contribution in [2.24, 2.45) is 17.8 Å². The molecule has 2 aromatic rings. The molecule has 4 rings (SSSR count). The van der Waals surface area contributed by atoms with Crippen LogP contribution in [0, 0.1) is 17.8 Å². The number of thiazole rings is 1. The van der Waals surface area contributed by atoms with Gasteiger partial charge >= 0.3 is 5.97 Å². The number of hydrogen-bond acceptors (Lipinski definition) is 6. The quantitative estimate of drug-likeness (QED) is 0.645. The van der Waals surface area contributed by atoms with Crippen molar-refractivity contribution in [3.63, 3.8) is 0 Å². The van der Waals surface area contributed by atoms with E-state index in [1.54, 1.807) is 14.2 Å². The minimum Gasteiger partial charge on any atom is -0.493 e. The third-order valence-corrected chi connectivity index (χ3v) is 6.82. The van der Waals surface area contributed by atoms with Crippen LogP contribution in [0.3, 0.4) is 0 Å². The maximum Gasteiger partial charge on any atom is 0.306 e. The molecule has 0 amide bonds. The van der Waals surface area contributed by atoms with Gasteiger partial charge in [-0.3, -0.25) is 4.79 Å². The first-order valence-electron chi connectivity index (χ1n) is 9.48. The van der Waals surface area contributed by atoms with E-state index >= 15 is 0 Å². The molecule has 2 aliphatic rings. The van der Waals surface area contributed by atoms with Crippen molar-refractivity contribution in [3.8, 4) is 22.1 Å². The SMILES string of the molecule is COc1ccc(-c2nc(COC(=O)C[C@@H]3C[C@@H]4CC[C@@H]3C4)cs2)cc1OC. The van der Waals surface area contributed by atoms with Gasteiger partial charge in [0.05, 0.1) is 19.9 Å².